The Hall–Kier alpha value is -3.12. The lowest BCUT2D eigenvalue weighted by atomic mass is 9.95. The van der Waals surface area contributed by atoms with Gasteiger partial charge in [0.25, 0.3) is 11.7 Å². The Kier molecular flexibility index (Phi) is 6.57. The number of carbonyl (C=O) groups excluding carboxylic acids is 2. The van der Waals surface area contributed by atoms with Crippen LogP contribution in [-0.2, 0) is 9.59 Å². The number of rotatable bonds is 7. The standard InChI is InChI=1S/C24H28N2O4/c1-5-30-19-12-11-18(15-16(19)2)22(27)20-21(17-9-7-6-8-10-17)26(14-13-25(3)4)24(29)23(20)28/h6-12,15,21,27H,5,13-14H2,1-4H3/t21-/m1/s1. The Morgan fingerprint density at radius 3 is 2.43 bits per heavy atom. The third-order valence-corrected chi connectivity index (χ3v) is 5.19. The van der Waals surface area contributed by atoms with Crippen LogP contribution in [0.4, 0.5) is 0 Å². The SMILES string of the molecule is CCOc1ccc(C(O)=C2C(=O)C(=O)N(CCN(C)C)[C@@H]2c2ccccc2)cc1C. The van der Waals surface area contributed by atoms with Crippen LogP contribution in [0.1, 0.15) is 29.7 Å². The van der Waals surface area contributed by atoms with Gasteiger partial charge in [-0.25, -0.2) is 0 Å². The number of aryl methyl sites for hydroxylation is 1. The molecule has 6 heteroatoms. The number of ether oxygens (including phenoxy) is 1. The molecule has 158 valence electrons. The van der Waals surface area contributed by atoms with E-state index in [9.17, 15) is 14.7 Å². The lowest BCUT2D eigenvalue weighted by molar-refractivity contribution is -0.140. The van der Waals surface area contributed by atoms with Crippen molar-refractivity contribution < 1.29 is 19.4 Å². The van der Waals surface area contributed by atoms with Crippen LogP contribution in [0.3, 0.4) is 0 Å². The molecular weight excluding hydrogens is 380 g/mol. The Bertz CT molecular complexity index is 966. The van der Waals surface area contributed by atoms with Gasteiger partial charge in [-0.2, -0.15) is 0 Å². The second kappa shape index (κ2) is 9.13. The first-order valence-corrected chi connectivity index (χ1v) is 10.1. The summed E-state index contributed by atoms with van der Waals surface area (Å²) in [5.74, 6) is -0.692. The third-order valence-electron chi connectivity index (χ3n) is 5.19. The summed E-state index contributed by atoms with van der Waals surface area (Å²) in [6.07, 6.45) is 0. The molecule has 30 heavy (non-hydrogen) atoms. The van der Waals surface area contributed by atoms with Crippen molar-refractivity contribution in [1.82, 2.24) is 9.80 Å². The zero-order chi connectivity index (χ0) is 21.8. The smallest absolute Gasteiger partial charge is 0.295 e. The zero-order valence-electron chi connectivity index (χ0n) is 17.9. The summed E-state index contributed by atoms with van der Waals surface area (Å²) >= 11 is 0. The fourth-order valence-corrected chi connectivity index (χ4v) is 3.67. The molecule has 0 aromatic heterocycles. The number of ketones is 1. The average Bonchev–Trinajstić information content (AvgIpc) is 2.98. The van der Waals surface area contributed by atoms with Crippen molar-refractivity contribution in [2.45, 2.75) is 19.9 Å². The van der Waals surface area contributed by atoms with E-state index in [1.807, 2.05) is 63.2 Å². The maximum atomic E-state index is 13.0. The molecule has 0 spiro atoms. The van der Waals surface area contributed by atoms with E-state index in [1.165, 1.54) is 0 Å². The highest BCUT2D eigenvalue weighted by Gasteiger charge is 2.45. The van der Waals surface area contributed by atoms with Crippen LogP contribution in [0, 0.1) is 6.92 Å². The van der Waals surface area contributed by atoms with Gasteiger partial charge in [-0.1, -0.05) is 30.3 Å². The number of Topliss-reactive ketones (excluding diaryl/α,β-unsaturated/α-hetero) is 1. The van der Waals surface area contributed by atoms with E-state index in [2.05, 4.69) is 0 Å². The van der Waals surface area contributed by atoms with Crippen LogP contribution in [0.15, 0.2) is 54.1 Å². The van der Waals surface area contributed by atoms with E-state index >= 15 is 0 Å². The number of hydrogen-bond donors (Lipinski definition) is 1. The van der Waals surface area contributed by atoms with Crippen LogP contribution in [-0.4, -0.2) is 60.4 Å². The molecule has 1 atom stereocenters. The zero-order valence-corrected chi connectivity index (χ0v) is 17.9. The molecule has 1 aliphatic heterocycles. The van der Waals surface area contributed by atoms with Gasteiger partial charge < -0.3 is 19.6 Å². The van der Waals surface area contributed by atoms with Crippen molar-refractivity contribution in [3.8, 4) is 5.75 Å². The molecule has 6 nitrogen and oxygen atoms in total. The maximum Gasteiger partial charge on any atom is 0.295 e. The summed E-state index contributed by atoms with van der Waals surface area (Å²) in [5, 5.41) is 11.1. The molecule has 3 rings (SSSR count). The monoisotopic (exact) mass is 408 g/mol. The van der Waals surface area contributed by atoms with E-state index in [-0.39, 0.29) is 11.3 Å². The molecule has 0 unspecified atom stereocenters. The van der Waals surface area contributed by atoms with Crippen LogP contribution < -0.4 is 4.74 Å². The minimum absolute atomic E-state index is 0.119. The van der Waals surface area contributed by atoms with E-state index in [1.54, 1.807) is 23.1 Å². The van der Waals surface area contributed by atoms with Gasteiger partial charge in [0.15, 0.2) is 0 Å². The van der Waals surface area contributed by atoms with E-state index in [0.717, 1.165) is 16.9 Å². The second-order valence-electron chi connectivity index (χ2n) is 7.62. The summed E-state index contributed by atoms with van der Waals surface area (Å²) < 4.78 is 5.57. The second-order valence-corrected chi connectivity index (χ2v) is 7.62. The molecule has 1 amide bonds. The minimum Gasteiger partial charge on any atom is -0.507 e. The van der Waals surface area contributed by atoms with Crippen LogP contribution in [0.2, 0.25) is 0 Å². The van der Waals surface area contributed by atoms with Crippen molar-refractivity contribution in [3.05, 3.63) is 70.8 Å². The Morgan fingerprint density at radius 2 is 1.83 bits per heavy atom. The quantitative estimate of drug-likeness (QED) is 0.432. The predicted octanol–water partition coefficient (Wildman–Crippen LogP) is 3.38. The first-order valence-electron chi connectivity index (χ1n) is 10.1. The number of amides is 1. The number of nitrogens with zero attached hydrogens (tertiary/aromatic N) is 2. The maximum absolute atomic E-state index is 13.0. The first kappa shape index (κ1) is 21.6. The minimum atomic E-state index is -0.661. The molecule has 0 saturated carbocycles. The highest BCUT2D eigenvalue weighted by atomic mass is 16.5. The molecule has 0 aliphatic carbocycles. The first-order chi connectivity index (χ1) is 14.3. The fraction of sp³-hybridized carbons (Fsp3) is 0.333. The molecule has 2 aromatic rings. The third kappa shape index (κ3) is 4.24. The van der Waals surface area contributed by atoms with Gasteiger partial charge in [-0.05, 0) is 57.3 Å². The Labute approximate surface area is 177 Å². The van der Waals surface area contributed by atoms with Crippen LogP contribution in [0.25, 0.3) is 5.76 Å². The number of benzene rings is 2. The van der Waals surface area contributed by atoms with Gasteiger partial charge in [-0.3, -0.25) is 9.59 Å². The molecule has 1 heterocycles. The van der Waals surface area contributed by atoms with Crippen molar-refractivity contribution in [3.63, 3.8) is 0 Å². The molecule has 0 radical (unpaired) electrons. The lowest BCUT2D eigenvalue weighted by Crippen LogP contribution is -2.35. The van der Waals surface area contributed by atoms with E-state index in [4.69, 9.17) is 4.74 Å². The van der Waals surface area contributed by atoms with Crippen LogP contribution >= 0.6 is 0 Å². The predicted molar refractivity (Wildman–Crippen MR) is 116 cm³/mol. The van der Waals surface area contributed by atoms with Gasteiger partial charge in [0.2, 0.25) is 0 Å². The summed E-state index contributed by atoms with van der Waals surface area (Å²) in [4.78, 5) is 29.3. The van der Waals surface area contributed by atoms with E-state index in [0.29, 0.717) is 25.3 Å². The number of likely N-dealkylation sites (tertiary alicyclic amines) is 1. The summed E-state index contributed by atoms with van der Waals surface area (Å²) in [6, 6.07) is 14.0. The molecular formula is C24H28N2O4. The Balaban J connectivity index is 2.10. The van der Waals surface area contributed by atoms with Gasteiger partial charge in [0.1, 0.15) is 11.5 Å². The molecule has 2 aromatic carbocycles. The number of carbonyl (C=O) groups is 2. The highest BCUT2D eigenvalue weighted by molar-refractivity contribution is 6.46. The molecule has 1 N–H and O–H groups in total. The largest absolute Gasteiger partial charge is 0.507 e. The van der Waals surface area contributed by atoms with Gasteiger partial charge in [0.05, 0.1) is 18.2 Å². The normalized spacial score (nSPS) is 18.3. The molecule has 0 bridgehead atoms. The van der Waals surface area contributed by atoms with Crippen molar-refractivity contribution in [1.29, 1.82) is 0 Å². The van der Waals surface area contributed by atoms with Crippen molar-refractivity contribution in [2.75, 3.05) is 33.8 Å². The number of likely N-dealkylation sites (N-methyl/N-ethyl adjacent to an activating group) is 1. The van der Waals surface area contributed by atoms with Crippen molar-refractivity contribution in [2.24, 2.45) is 0 Å². The highest BCUT2D eigenvalue weighted by Crippen LogP contribution is 2.39. The summed E-state index contributed by atoms with van der Waals surface area (Å²) in [7, 11) is 3.83. The van der Waals surface area contributed by atoms with Gasteiger partial charge in [-0.15, -0.1) is 0 Å². The average molecular weight is 408 g/mol. The van der Waals surface area contributed by atoms with Gasteiger partial charge >= 0.3 is 0 Å². The van der Waals surface area contributed by atoms with Crippen LogP contribution in [0.5, 0.6) is 5.75 Å². The molecule has 1 fully saturated rings. The fourth-order valence-electron chi connectivity index (χ4n) is 3.67. The summed E-state index contributed by atoms with van der Waals surface area (Å²) in [6.45, 7) is 5.32. The van der Waals surface area contributed by atoms with E-state index < -0.39 is 17.7 Å². The lowest BCUT2D eigenvalue weighted by Gasteiger charge is -2.26. The topological polar surface area (TPSA) is 70.1 Å². The van der Waals surface area contributed by atoms with Gasteiger partial charge in [0, 0.05) is 18.7 Å². The molecule has 1 aliphatic rings. The number of aliphatic hydroxyl groups excluding tert-OH is 1. The number of hydrogen-bond acceptors (Lipinski definition) is 5. The molecule has 1 saturated heterocycles. The number of aliphatic hydroxyl groups is 1. The Morgan fingerprint density at radius 1 is 1.13 bits per heavy atom. The van der Waals surface area contributed by atoms with Crippen molar-refractivity contribution >= 4 is 17.4 Å². The summed E-state index contributed by atoms with van der Waals surface area (Å²) in [5.41, 5.74) is 2.25.